The summed E-state index contributed by atoms with van der Waals surface area (Å²) in [6, 6.07) is 15.7. The normalized spacial score (nSPS) is 23.7. The number of esters is 2. The number of rotatable bonds is 6. The highest BCUT2D eigenvalue weighted by molar-refractivity contribution is 5.80. The molecule has 0 aromatic heterocycles. The van der Waals surface area contributed by atoms with Crippen LogP contribution in [0.2, 0.25) is 0 Å². The van der Waals surface area contributed by atoms with Crippen LogP contribution in [0.1, 0.15) is 46.1 Å². The SMILES string of the molecule is C[C@@H]1OC(=O)[C@@H](CC(=O)OC(C)(C)C)COCC[C@H](Cc2ccc(F)cc2)[C@H]1Oc1ccccc1. The van der Waals surface area contributed by atoms with Crippen LogP contribution in [0.5, 0.6) is 5.75 Å². The summed E-state index contributed by atoms with van der Waals surface area (Å²) in [5.74, 6) is -1.46. The molecule has 6 nitrogen and oxygen atoms in total. The number of cyclic esters (lactones) is 1. The van der Waals surface area contributed by atoms with E-state index in [2.05, 4.69) is 0 Å². The molecule has 1 heterocycles. The highest BCUT2D eigenvalue weighted by atomic mass is 19.1. The minimum absolute atomic E-state index is 0.0640. The molecular weight excluding hydrogens is 451 g/mol. The van der Waals surface area contributed by atoms with Gasteiger partial charge in [-0.2, -0.15) is 0 Å². The van der Waals surface area contributed by atoms with Gasteiger partial charge in [-0.1, -0.05) is 30.3 Å². The number of hydrogen-bond acceptors (Lipinski definition) is 6. The third-order valence-corrected chi connectivity index (χ3v) is 5.77. The summed E-state index contributed by atoms with van der Waals surface area (Å²) in [5, 5.41) is 0. The van der Waals surface area contributed by atoms with Crippen molar-refractivity contribution in [2.24, 2.45) is 11.8 Å². The lowest BCUT2D eigenvalue weighted by atomic mass is 9.88. The largest absolute Gasteiger partial charge is 0.486 e. The van der Waals surface area contributed by atoms with Gasteiger partial charge in [0.15, 0.2) is 0 Å². The Bertz CT molecular complexity index is 954. The molecule has 0 N–H and O–H groups in total. The molecule has 0 unspecified atom stereocenters. The number of ether oxygens (including phenoxy) is 4. The van der Waals surface area contributed by atoms with E-state index in [1.165, 1.54) is 12.1 Å². The molecule has 0 amide bonds. The number of halogens is 1. The molecular formula is C28H35FO6. The van der Waals surface area contributed by atoms with Crippen LogP contribution in [0.4, 0.5) is 4.39 Å². The lowest BCUT2D eigenvalue weighted by molar-refractivity contribution is -0.170. The van der Waals surface area contributed by atoms with E-state index in [0.29, 0.717) is 25.2 Å². The van der Waals surface area contributed by atoms with Crippen LogP contribution in [0.25, 0.3) is 0 Å². The minimum atomic E-state index is -0.765. The molecule has 0 bridgehead atoms. The Morgan fingerprint density at radius 2 is 1.77 bits per heavy atom. The van der Waals surface area contributed by atoms with Crippen LogP contribution in [-0.4, -0.2) is 43.0 Å². The fraction of sp³-hybridized carbons (Fsp3) is 0.500. The van der Waals surface area contributed by atoms with E-state index >= 15 is 0 Å². The summed E-state index contributed by atoms with van der Waals surface area (Å²) >= 11 is 0. The van der Waals surface area contributed by atoms with Crippen molar-refractivity contribution in [2.75, 3.05) is 13.2 Å². The summed E-state index contributed by atoms with van der Waals surface area (Å²) in [7, 11) is 0. The maximum absolute atomic E-state index is 13.4. The zero-order valence-electron chi connectivity index (χ0n) is 20.9. The van der Waals surface area contributed by atoms with Crippen LogP contribution < -0.4 is 4.74 Å². The number of benzene rings is 2. The first-order valence-corrected chi connectivity index (χ1v) is 12.1. The summed E-state index contributed by atoms with van der Waals surface area (Å²) in [6.07, 6.45) is 0.0504. The zero-order chi connectivity index (χ0) is 25.4. The molecule has 0 aliphatic carbocycles. The van der Waals surface area contributed by atoms with E-state index in [1.54, 1.807) is 39.8 Å². The Morgan fingerprint density at radius 1 is 1.09 bits per heavy atom. The third-order valence-electron chi connectivity index (χ3n) is 5.77. The van der Waals surface area contributed by atoms with Gasteiger partial charge in [-0.05, 0) is 70.4 Å². The first kappa shape index (κ1) is 26.7. The molecule has 3 rings (SSSR count). The number of carbonyl (C=O) groups excluding carboxylic acids is 2. The van der Waals surface area contributed by atoms with Crippen molar-refractivity contribution in [2.45, 2.75) is 64.8 Å². The molecule has 35 heavy (non-hydrogen) atoms. The highest BCUT2D eigenvalue weighted by Crippen LogP contribution is 2.28. The Hall–Kier alpha value is -2.93. The van der Waals surface area contributed by atoms with Gasteiger partial charge < -0.3 is 18.9 Å². The van der Waals surface area contributed by atoms with Crippen molar-refractivity contribution in [1.82, 2.24) is 0 Å². The summed E-state index contributed by atoms with van der Waals surface area (Å²) in [5.41, 5.74) is 0.310. The lowest BCUT2D eigenvalue weighted by Crippen LogP contribution is -2.43. The van der Waals surface area contributed by atoms with Crippen molar-refractivity contribution in [3.05, 3.63) is 66.0 Å². The molecule has 1 fully saturated rings. The smallest absolute Gasteiger partial charge is 0.312 e. The third kappa shape index (κ3) is 8.66. The fourth-order valence-corrected chi connectivity index (χ4v) is 4.14. The van der Waals surface area contributed by atoms with Crippen LogP contribution in [-0.2, 0) is 30.2 Å². The number of hydrogen-bond donors (Lipinski definition) is 0. The average molecular weight is 487 g/mol. The minimum Gasteiger partial charge on any atom is -0.486 e. The Kier molecular flexibility index (Phi) is 9.26. The van der Waals surface area contributed by atoms with Gasteiger partial charge in [0.25, 0.3) is 0 Å². The van der Waals surface area contributed by atoms with E-state index in [-0.39, 0.29) is 24.8 Å². The topological polar surface area (TPSA) is 71.1 Å². The van der Waals surface area contributed by atoms with Gasteiger partial charge in [0.2, 0.25) is 0 Å². The van der Waals surface area contributed by atoms with Crippen molar-refractivity contribution in [1.29, 1.82) is 0 Å². The first-order chi connectivity index (χ1) is 16.6. The highest BCUT2D eigenvalue weighted by Gasteiger charge is 2.36. The summed E-state index contributed by atoms with van der Waals surface area (Å²) in [6.45, 7) is 7.59. The quantitative estimate of drug-likeness (QED) is 0.527. The van der Waals surface area contributed by atoms with Crippen molar-refractivity contribution in [3.8, 4) is 5.75 Å². The molecule has 1 aliphatic rings. The van der Waals surface area contributed by atoms with Crippen molar-refractivity contribution < 1.29 is 32.9 Å². The standard InChI is InChI=1S/C28H35FO6/c1-19-26(34-24-8-6-5-7-9-24)21(16-20-10-12-23(29)13-11-20)14-15-32-18-22(27(31)33-19)17-25(30)35-28(2,3)4/h5-13,19,21-22,26H,14-18H2,1-4H3/t19-,21+,22-,26-/m0/s1. The zero-order valence-corrected chi connectivity index (χ0v) is 20.9. The maximum Gasteiger partial charge on any atom is 0.312 e. The molecule has 2 aromatic carbocycles. The molecule has 0 saturated carbocycles. The van der Waals surface area contributed by atoms with Gasteiger partial charge in [0.1, 0.15) is 29.4 Å². The monoisotopic (exact) mass is 486 g/mol. The Balaban J connectivity index is 1.79. The molecule has 7 heteroatoms. The predicted molar refractivity (Wildman–Crippen MR) is 129 cm³/mol. The summed E-state index contributed by atoms with van der Waals surface area (Å²) in [4.78, 5) is 25.4. The van der Waals surface area contributed by atoms with E-state index < -0.39 is 35.7 Å². The van der Waals surface area contributed by atoms with Gasteiger partial charge in [-0.3, -0.25) is 9.59 Å². The van der Waals surface area contributed by atoms with E-state index in [9.17, 15) is 14.0 Å². The molecule has 1 saturated heterocycles. The van der Waals surface area contributed by atoms with E-state index in [1.807, 2.05) is 30.3 Å². The Morgan fingerprint density at radius 3 is 2.43 bits per heavy atom. The van der Waals surface area contributed by atoms with Gasteiger partial charge in [-0.25, -0.2) is 4.39 Å². The van der Waals surface area contributed by atoms with E-state index in [4.69, 9.17) is 18.9 Å². The lowest BCUT2D eigenvalue weighted by Gasteiger charge is -2.34. The predicted octanol–water partition coefficient (Wildman–Crippen LogP) is 5.13. The van der Waals surface area contributed by atoms with Crippen LogP contribution in [0.15, 0.2) is 54.6 Å². The molecule has 2 aromatic rings. The number of para-hydroxylation sites is 1. The maximum atomic E-state index is 13.4. The first-order valence-electron chi connectivity index (χ1n) is 12.1. The molecule has 0 spiro atoms. The number of carbonyl (C=O) groups is 2. The van der Waals surface area contributed by atoms with Crippen LogP contribution in [0.3, 0.4) is 0 Å². The second-order valence-electron chi connectivity index (χ2n) is 9.98. The van der Waals surface area contributed by atoms with Gasteiger partial charge in [0.05, 0.1) is 18.9 Å². The second kappa shape index (κ2) is 12.2. The Labute approximate surface area is 206 Å². The molecule has 1 aliphatic heterocycles. The molecule has 0 radical (unpaired) electrons. The summed E-state index contributed by atoms with van der Waals surface area (Å²) < 4.78 is 36.8. The van der Waals surface area contributed by atoms with Crippen LogP contribution in [0, 0.1) is 17.7 Å². The molecule has 4 atom stereocenters. The van der Waals surface area contributed by atoms with Crippen molar-refractivity contribution in [3.63, 3.8) is 0 Å². The van der Waals surface area contributed by atoms with Gasteiger partial charge in [-0.15, -0.1) is 0 Å². The molecule has 190 valence electrons. The van der Waals surface area contributed by atoms with Crippen molar-refractivity contribution >= 4 is 11.9 Å². The van der Waals surface area contributed by atoms with Gasteiger partial charge in [0, 0.05) is 12.5 Å². The van der Waals surface area contributed by atoms with E-state index in [0.717, 1.165) is 5.56 Å². The second-order valence-corrected chi connectivity index (χ2v) is 9.98. The fourth-order valence-electron chi connectivity index (χ4n) is 4.14. The average Bonchev–Trinajstić information content (AvgIpc) is 2.79. The van der Waals surface area contributed by atoms with Gasteiger partial charge >= 0.3 is 11.9 Å². The van der Waals surface area contributed by atoms with Crippen LogP contribution >= 0.6 is 0 Å².